The number of fused-ring (bicyclic) bond motifs is 1. The van der Waals surface area contributed by atoms with Crippen LogP contribution in [-0.4, -0.2) is 52.8 Å². The number of hydrogen-bond acceptors (Lipinski definition) is 9. The summed E-state index contributed by atoms with van der Waals surface area (Å²) in [7, 11) is -8.49. The molecule has 1 aliphatic heterocycles. The van der Waals surface area contributed by atoms with Crippen LogP contribution in [0.1, 0.15) is 20.8 Å². The SMILES string of the molecule is CC(C)(C)OC(=O)Nc1cnc2c(c1)N(S(=O)(=O)c1cccc(Cl)c1)C[C@H](COS(=O)(=O)c1cccc(Cl)c1)O2. The molecule has 1 N–H and O–H groups in total. The van der Waals surface area contributed by atoms with Gasteiger partial charge in [0.2, 0.25) is 5.88 Å². The molecular formula is C25H25Cl2N3O8S2. The van der Waals surface area contributed by atoms with Gasteiger partial charge in [0.1, 0.15) is 24.0 Å². The van der Waals surface area contributed by atoms with E-state index in [-0.39, 0.29) is 43.6 Å². The van der Waals surface area contributed by atoms with Crippen LogP contribution in [0.5, 0.6) is 5.88 Å². The molecule has 1 aliphatic rings. The largest absolute Gasteiger partial charge is 0.468 e. The van der Waals surface area contributed by atoms with Gasteiger partial charge in [-0.25, -0.2) is 18.2 Å². The zero-order valence-corrected chi connectivity index (χ0v) is 24.6. The number of sulfonamides is 1. The summed E-state index contributed by atoms with van der Waals surface area (Å²) in [5, 5.41) is 2.91. The lowest BCUT2D eigenvalue weighted by Gasteiger charge is -2.34. The monoisotopic (exact) mass is 629 g/mol. The van der Waals surface area contributed by atoms with Crippen molar-refractivity contribution in [2.45, 2.75) is 42.3 Å². The molecule has 0 fully saturated rings. The summed E-state index contributed by atoms with van der Waals surface area (Å²) in [6, 6.07) is 12.5. The summed E-state index contributed by atoms with van der Waals surface area (Å²) in [6.45, 7) is 4.21. The number of aromatic nitrogens is 1. The Balaban J connectivity index is 1.66. The van der Waals surface area contributed by atoms with Gasteiger partial charge in [0.05, 0.1) is 28.2 Å². The molecule has 4 rings (SSSR count). The Bertz CT molecular complexity index is 1640. The lowest BCUT2D eigenvalue weighted by atomic mass is 10.2. The van der Waals surface area contributed by atoms with Crippen molar-refractivity contribution in [2.24, 2.45) is 0 Å². The third kappa shape index (κ3) is 7.15. The number of rotatable bonds is 7. The number of amides is 1. The zero-order valence-electron chi connectivity index (χ0n) is 21.5. The fourth-order valence-electron chi connectivity index (χ4n) is 3.60. The highest BCUT2D eigenvalue weighted by Crippen LogP contribution is 2.38. The second-order valence-corrected chi connectivity index (χ2v) is 14.0. The Morgan fingerprint density at radius 2 is 1.68 bits per heavy atom. The number of nitrogens with one attached hydrogen (secondary N) is 1. The van der Waals surface area contributed by atoms with Crippen molar-refractivity contribution in [1.29, 1.82) is 0 Å². The molecule has 1 atom stereocenters. The molecule has 0 unspecified atom stereocenters. The second kappa shape index (κ2) is 11.4. The quantitative estimate of drug-likeness (QED) is 0.353. The van der Waals surface area contributed by atoms with E-state index in [0.29, 0.717) is 0 Å². The number of ether oxygens (including phenoxy) is 2. The van der Waals surface area contributed by atoms with Gasteiger partial charge in [0.15, 0.2) is 0 Å². The summed E-state index contributed by atoms with van der Waals surface area (Å²) in [6.07, 6.45) is -0.598. The van der Waals surface area contributed by atoms with Crippen LogP contribution in [0.4, 0.5) is 16.2 Å². The fraction of sp³-hybridized carbons (Fsp3) is 0.280. The highest BCUT2D eigenvalue weighted by Gasteiger charge is 2.37. The van der Waals surface area contributed by atoms with Crippen LogP contribution in [0.2, 0.25) is 10.0 Å². The highest BCUT2D eigenvalue weighted by molar-refractivity contribution is 7.92. The van der Waals surface area contributed by atoms with Crippen LogP contribution in [0.15, 0.2) is 70.6 Å². The van der Waals surface area contributed by atoms with Crippen molar-refractivity contribution < 1.29 is 35.3 Å². The van der Waals surface area contributed by atoms with Crippen molar-refractivity contribution in [3.8, 4) is 5.88 Å². The van der Waals surface area contributed by atoms with Crippen LogP contribution < -0.4 is 14.4 Å². The third-order valence-corrected chi connectivity index (χ3v) is 8.80. The van der Waals surface area contributed by atoms with Crippen molar-refractivity contribution in [2.75, 3.05) is 22.8 Å². The number of carbonyl (C=O) groups excluding carboxylic acids is 1. The number of carbonyl (C=O) groups is 1. The lowest BCUT2D eigenvalue weighted by Crippen LogP contribution is -2.46. The molecule has 0 bridgehead atoms. The Morgan fingerprint density at radius 1 is 1.05 bits per heavy atom. The van der Waals surface area contributed by atoms with Crippen LogP contribution >= 0.6 is 23.2 Å². The van der Waals surface area contributed by atoms with Gasteiger partial charge in [0, 0.05) is 10.0 Å². The predicted octanol–water partition coefficient (Wildman–Crippen LogP) is 5.10. The molecule has 2 aromatic carbocycles. The topological polar surface area (TPSA) is 141 Å². The number of pyridine rings is 1. The summed E-state index contributed by atoms with van der Waals surface area (Å²) in [5.74, 6) is -0.125. The number of nitrogens with zero attached hydrogens (tertiary/aromatic N) is 2. The van der Waals surface area contributed by atoms with E-state index in [2.05, 4.69) is 10.3 Å². The van der Waals surface area contributed by atoms with E-state index in [1.165, 1.54) is 60.8 Å². The number of anilines is 2. The maximum Gasteiger partial charge on any atom is 0.412 e. The van der Waals surface area contributed by atoms with Crippen LogP contribution in [0.25, 0.3) is 0 Å². The Labute approximate surface area is 242 Å². The summed E-state index contributed by atoms with van der Waals surface area (Å²) in [4.78, 5) is 16.2. The van der Waals surface area contributed by atoms with E-state index in [4.69, 9.17) is 36.9 Å². The van der Waals surface area contributed by atoms with E-state index in [1.807, 2.05) is 0 Å². The molecule has 0 saturated carbocycles. The number of hydrogen-bond donors (Lipinski definition) is 1. The van der Waals surface area contributed by atoms with Gasteiger partial charge < -0.3 is 9.47 Å². The van der Waals surface area contributed by atoms with Gasteiger partial charge in [-0.1, -0.05) is 35.3 Å². The summed E-state index contributed by atoms with van der Waals surface area (Å²) < 4.78 is 70.1. The lowest BCUT2D eigenvalue weighted by molar-refractivity contribution is 0.0635. The first-order valence-electron chi connectivity index (χ1n) is 11.7. The minimum atomic E-state index is -4.25. The molecule has 0 aliphatic carbocycles. The van der Waals surface area contributed by atoms with E-state index < -0.39 is 44.5 Å². The molecule has 2 heterocycles. The molecular weight excluding hydrogens is 605 g/mol. The molecule has 3 aromatic rings. The molecule has 0 saturated heterocycles. The normalized spacial score (nSPS) is 15.6. The zero-order chi connectivity index (χ0) is 29.3. The molecule has 214 valence electrons. The highest BCUT2D eigenvalue weighted by atomic mass is 35.5. The first kappa shape index (κ1) is 29.9. The first-order chi connectivity index (χ1) is 18.6. The molecule has 11 nitrogen and oxygen atoms in total. The third-order valence-electron chi connectivity index (χ3n) is 5.27. The van der Waals surface area contributed by atoms with E-state index in [1.54, 1.807) is 20.8 Å². The molecule has 0 spiro atoms. The van der Waals surface area contributed by atoms with E-state index in [0.717, 1.165) is 4.31 Å². The standard InChI is InChI=1S/C25H25Cl2N3O8S2/c1-25(2,3)38-24(31)29-18-12-22-23(28-13-18)37-19(15-36-40(34,35)21-9-5-7-17(27)11-21)14-30(22)39(32,33)20-8-4-6-16(26)10-20/h4-13,19H,14-15H2,1-3H3,(H,29,31)/t19-/m1/s1. The van der Waals surface area contributed by atoms with Gasteiger partial charge in [0.25, 0.3) is 20.1 Å². The summed E-state index contributed by atoms with van der Waals surface area (Å²) >= 11 is 11.9. The minimum absolute atomic E-state index is 0.00230. The number of benzene rings is 2. The molecule has 40 heavy (non-hydrogen) atoms. The Morgan fingerprint density at radius 3 is 2.30 bits per heavy atom. The van der Waals surface area contributed by atoms with Crippen molar-refractivity contribution in [1.82, 2.24) is 4.98 Å². The Kier molecular flexibility index (Phi) is 8.52. The maximum atomic E-state index is 13.7. The van der Waals surface area contributed by atoms with Crippen molar-refractivity contribution >= 4 is 60.8 Å². The van der Waals surface area contributed by atoms with Gasteiger partial charge >= 0.3 is 6.09 Å². The summed E-state index contributed by atoms with van der Waals surface area (Å²) in [5.41, 5.74) is -0.626. The molecule has 0 radical (unpaired) electrons. The fourth-order valence-corrected chi connectivity index (χ4v) is 6.63. The van der Waals surface area contributed by atoms with Crippen LogP contribution in [-0.2, 0) is 29.1 Å². The first-order valence-corrected chi connectivity index (χ1v) is 15.3. The minimum Gasteiger partial charge on any atom is -0.468 e. The Hall–Kier alpha value is -3.10. The van der Waals surface area contributed by atoms with Gasteiger partial charge in [-0.2, -0.15) is 8.42 Å². The van der Waals surface area contributed by atoms with Gasteiger partial charge in [-0.05, 0) is 63.2 Å². The smallest absolute Gasteiger partial charge is 0.412 e. The van der Waals surface area contributed by atoms with Gasteiger partial charge in [-0.3, -0.25) is 13.8 Å². The second-order valence-electron chi connectivity index (χ2n) is 9.60. The average Bonchev–Trinajstić information content (AvgIpc) is 2.86. The van der Waals surface area contributed by atoms with Gasteiger partial charge in [-0.15, -0.1) is 0 Å². The van der Waals surface area contributed by atoms with Crippen LogP contribution in [0.3, 0.4) is 0 Å². The van der Waals surface area contributed by atoms with Crippen LogP contribution in [0, 0.1) is 0 Å². The molecule has 1 aromatic heterocycles. The van der Waals surface area contributed by atoms with Crippen molar-refractivity contribution in [3.63, 3.8) is 0 Å². The maximum absolute atomic E-state index is 13.7. The average molecular weight is 631 g/mol. The predicted molar refractivity (Wildman–Crippen MR) is 149 cm³/mol. The number of halogens is 2. The van der Waals surface area contributed by atoms with E-state index >= 15 is 0 Å². The molecule has 15 heteroatoms. The van der Waals surface area contributed by atoms with Crippen molar-refractivity contribution in [3.05, 3.63) is 70.8 Å². The molecule has 1 amide bonds. The van der Waals surface area contributed by atoms with E-state index in [9.17, 15) is 21.6 Å².